The normalized spacial score (nSPS) is 12.9. The lowest BCUT2D eigenvalue weighted by atomic mass is 10.0. The maximum Gasteiger partial charge on any atom is 0.211 e. The number of aryl methyl sites for hydroxylation is 2. The van der Waals surface area contributed by atoms with E-state index in [9.17, 15) is 0 Å². The number of nitrogens with one attached hydrogen (secondary N) is 1. The molecule has 3 aromatic heterocycles. The maximum absolute atomic E-state index is 5.67. The highest BCUT2D eigenvalue weighted by Crippen LogP contribution is 2.24. The van der Waals surface area contributed by atoms with E-state index in [-0.39, 0.29) is 6.04 Å². The standard InChI is InChI=1S/C15H18N4O2/c1-4-11(14-9(2)19-21-10(14)3)17-8-13-18-15-12(20-13)6-5-7-16-15/h5-7,11,17H,4,8H2,1-3H3. The molecule has 3 rings (SSSR count). The zero-order valence-corrected chi connectivity index (χ0v) is 12.4. The van der Waals surface area contributed by atoms with E-state index >= 15 is 0 Å². The summed E-state index contributed by atoms with van der Waals surface area (Å²) in [6, 6.07) is 3.87. The van der Waals surface area contributed by atoms with Crippen molar-refractivity contribution in [3.8, 4) is 0 Å². The molecule has 3 aromatic rings. The number of rotatable bonds is 5. The molecule has 0 saturated heterocycles. The molecule has 0 fully saturated rings. The summed E-state index contributed by atoms with van der Waals surface area (Å²) in [6.07, 6.45) is 2.64. The van der Waals surface area contributed by atoms with Crippen molar-refractivity contribution in [2.24, 2.45) is 0 Å². The molecule has 1 atom stereocenters. The van der Waals surface area contributed by atoms with Crippen molar-refractivity contribution in [3.63, 3.8) is 0 Å². The second-order valence-corrected chi connectivity index (χ2v) is 5.01. The lowest BCUT2D eigenvalue weighted by molar-refractivity contribution is 0.388. The minimum Gasteiger partial charge on any atom is -0.438 e. The summed E-state index contributed by atoms with van der Waals surface area (Å²) in [5.41, 5.74) is 3.39. The van der Waals surface area contributed by atoms with Gasteiger partial charge in [-0.2, -0.15) is 4.98 Å². The Labute approximate surface area is 122 Å². The average Bonchev–Trinajstić information content (AvgIpc) is 3.04. The van der Waals surface area contributed by atoms with Gasteiger partial charge in [0.25, 0.3) is 0 Å². The zero-order chi connectivity index (χ0) is 14.8. The number of pyridine rings is 1. The van der Waals surface area contributed by atoms with Crippen LogP contribution in [0.3, 0.4) is 0 Å². The van der Waals surface area contributed by atoms with Crippen LogP contribution >= 0.6 is 0 Å². The zero-order valence-electron chi connectivity index (χ0n) is 12.4. The van der Waals surface area contributed by atoms with E-state index in [0.717, 1.165) is 23.4 Å². The summed E-state index contributed by atoms with van der Waals surface area (Å²) < 4.78 is 10.9. The van der Waals surface area contributed by atoms with Crippen molar-refractivity contribution in [1.29, 1.82) is 0 Å². The summed E-state index contributed by atoms with van der Waals surface area (Å²) in [5, 5.41) is 7.46. The molecule has 0 aliphatic carbocycles. The first-order valence-electron chi connectivity index (χ1n) is 7.05. The van der Waals surface area contributed by atoms with Gasteiger partial charge in [0.05, 0.1) is 12.2 Å². The molecule has 1 unspecified atom stereocenters. The third kappa shape index (κ3) is 2.67. The minimum atomic E-state index is 0.166. The maximum atomic E-state index is 5.67. The Balaban J connectivity index is 1.76. The molecule has 110 valence electrons. The third-order valence-electron chi connectivity index (χ3n) is 3.55. The number of hydrogen-bond donors (Lipinski definition) is 1. The van der Waals surface area contributed by atoms with E-state index in [1.165, 1.54) is 0 Å². The summed E-state index contributed by atoms with van der Waals surface area (Å²) in [7, 11) is 0. The number of aromatic nitrogens is 3. The second-order valence-electron chi connectivity index (χ2n) is 5.01. The van der Waals surface area contributed by atoms with Crippen molar-refractivity contribution in [2.75, 3.05) is 0 Å². The largest absolute Gasteiger partial charge is 0.438 e. The van der Waals surface area contributed by atoms with Gasteiger partial charge in [0, 0.05) is 17.8 Å². The molecular weight excluding hydrogens is 268 g/mol. The summed E-state index contributed by atoms with van der Waals surface area (Å²) >= 11 is 0. The van der Waals surface area contributed by atoms with Gasteiger partial charge in [-0.1, -0.05) is 12.1 Å². The summed E-state index contributed by atoms with van der Waals surface area (Å²) in [5.74, 6) is 1.49. The van der Waals surface area contributed by atoms with Crippen molar-refractivity contribution in [1.82, 2.24) is 20.4 Å². The fraction of sp³-hybridized carbons (Fsp3) is 0.400. The van der Waals surface area contributed by atoms with Gasteiger partial charge in [0.15, 0.2) is 11.2 Å². The van der Waals surface area contributed by atoms with Gasteiger partial charge in [-0.25, -0.2) is 4.98 Å². The van der Waals surface area contributed by atoms with Crippen LogP contribution in [0.5, 0.6) is 0 Å². The van der Waals surface area contributed by atoms with Crippen LogP contribution in [0.25, 0.3) is 11.2 Å². The Morgan fingerprint density at radius 1 is 1.33 bits per heavy atom. The number of nitrogens with zero attached hydrogens (tertiary/aromatic N) is 3. The predicted molar refractivity (Wildman–Crippen MR) is 77.7 cm³/mol. The molecule has 0 bridgehead atoms. The van der Waals surface area contributed by atoms with Crippen molar-refractivity contribution < 1.29 is 8.94 Å². The van der Waals surface area contributed by atoms with Gasteiger partial charge < -0.3 is 14.3 Å². The van der Waals surface area contributed by atoms with Crippen LogP contribution in [0.4, 0.5) is 0 Å². The highest BCUT2D eigenvalue weighted by atomic mass is 16.5. The Hall–Kier alpha value is -2.21. The summed E-state index contributed by atoms with van der Waals surface area (Å²) in [6.45, 7) is 6.55. The lowest BCUT2D eigenvalue weighted by Gasteiger charge is -2.15. The van der Waals surface area contributed by atoms with Crippen LogP contribution in [-0.2, 0) is 6.54 Å². The molecule has 0 radical (unpaired) electrons. The van der Waals surface area contributed by atoms with E-state index in [2.05, 4.69) is 27.4 Å². The molecule has 0 aliphatic heterocycles. The van der Waals surface area contributed by atoms with Gasteiger partial charge in [-0.05, 0) is 32.4 Å². The smallest absolute Gasteiger partial charge is 0.211 e. The van der Waals surface area contributed by atoms with Gasteiger partial charge in [0.2, 0.25) is 5.89 Å². The SMILES string of the molecule is CCC(NCc1nc2ncccc2o1)c1c(C)noc1C. The number of fused-ring (bicyclic) bond motifs is 1. The molecule has 6 heteroatoms. The lowest BCUT2D eigenvalue weighted by Crippen LogP contribution is -2.21. The van der Waals surface area contributed by atoms with E-state index < -0.39 is 0 Å². The molecule has 0 spiro atoms. The van der Waals surface area contributed by atoms with Crippen molar-refractivity contribution >= 4 is 11.2 Å². The van der Waals surface area contributed by atoms with Gasteiger partial charge in [-0.3, -0.25) is 0 Å². The molecule has 0 saturated carbocycles. The third-order valence-corrected chi connectivity index (χ3v) is 3.55. The van der Waals surface area contributed by atoms with E-state index in [1.807, 2.05) is 26.0 Å². The van der Waals surface area contributed by atoms with E-state index in [0.29, 0.717) is 23.7 Å². The first-order valence-corrected chi connectivity index (χ1v) is 7.05. The van der Waals surface area contributed by atoms with Gasteiger partial charge in [-0.15, -0.1) is 0 Å². The van der Waals surface area contributed by atoms with E-state index in [4.69, 9.17) is 8.94 Å². The van der Waals surface area contributed by atoms with Crippen LogP contribution in [0.1, 0.15) is 42.3 Å². The second kappa shape index (κ2) is 5.65. The Morgan fingerprint density at radius 3 is 2.86 bits per heavy atom. The number of hydrogen-bond acceptors (Lipinski definition) is 6. The first kappa shape index (κ1) is 13.8. The summed E-state index contributed by atoms with van der Waals surface area (Å²) in [4.78, 5) is 8.54. The Kier molecular flexibility index (Phi) is 3.70. The van der Waals surface area contributed by atoms with Crippen molar-refractivity contribution in [2.45, 2.75) is 39.8 Å². The van der Waals surface area contributed by atoms with Crippen LogP contribution in [0.2, 0.25) is 0 Å². The van der Waals surface area contributed by atoms with Gasteiger partial charge >= 0.3 is 0 Å². The fourth-order valence-electron chi connectivity index (χ4n) is 2.54. The highest BCUT2D eigenvalue weighted by molar-refractivity contribution is 5.66. The quantitative estimate of drug-likeness (QED) is 0.776. The Morgan fingerprint density at radius 2 is 2.19 bits per heavy atom. The fourth-order valence-corrected chi connectivity index (χ4v) is 2.54. The molecule has 6 nitrogen and oxygen atoms in total. The minimum absolute atomic E-state index is 0.166. The van der Waals surface area contributed by atoms with Gasteiger partial charge in [0.1, 0.15) is 5.76 Å². The van der Waals surface area contributed by atoms with Crippen LogP contribution in [0.15, 0.2) is 27.3 Å². The monoisotopic (exact) mass is 286 g/mol. The topological polar surface area (TPSA) is 77.0 Å². The Bertz CT molecular complexity index is 695. The average molecular weight is 286 g/mol. The molecular formula is C15H18N4O2. The first-order chi connectivity index (χ1) is 10.2. The van der Waals surface area contributed by atoms with Crippen LogP contribution < -0.4 is 5.32 Å². The molecule has 3 heterocycles. The molecule has 0 amide bonds. The van der Waals surface area contributed by atoms with Crippen LogP contribution in [0, 0.1) is 13.8 Å². The molecule has 1 N–H and O–H groups in total. The number of oxazole rings is 1. The molecule has 21 heavy (non-hydrogen) atoms. The predicted octanol–water partition coefficient (Wildman–Crippen LogP) is 3.07. The highest BCUT2D eigenvalue weighted by Gasteiger charge is 2.19. The molecule has 0 aromatic carbocycles. The van der Waals surface area contributed by atoms with Crippen LogP contribution in [-0.4, -0.2) is 15.1 Å². The molecule has 0 aliphatic rings. The van der Waals surface area contributed by atoms with E-state index in [1.54, 1.807) is 6.20 Å². The van der Waals surface area contributed by atoms with Crippen molar-refractivity contribution in [3.05, 3.63) is 41.2 Å².